The maximum Gasteiger partial charge on any atom is 0.251 e. The number of hydrogen-bond acceptors (Lipinski definition) is 4. The van der Waals surface area contributed by atoms with Gasteiger partial charge in [-0.1, -0.05) is 6.07 Å². The van der Waals surface area contributed by atoms with Crippen molar-refractivity contribution in [1.29, 1.82) is 0 Å². The first kappa shape index (κ1) is 17.9. The molecule has 6 nitrogen and oxygen atoms in total. The summed E-state index contributed by atoms with van der Waals surface area (Å²) in [6, 6.07) is 9.96. The van der Waals surface area contributed by atoms with E-state index in [0.717, 1.165) is 11.3 Å². The summed E-state index contributed by atoms with van der Waals surface area (Å²) < 4.78 is 25.5. The lowest BCUT2D eigenvalue weighted by molar-refractivity contribution is 0.0940. The SMILES string of the molecule is CCS(=O)(=O)Nc1ccc(C(=O)NC(C)c2ccc(C)nc2)cc1. The molecule has 128 valence electrons. The summed E-state index contributed by atoms with van der Waals surface area (Å²) in [5.41, 5.74) is 2.73. The Morgan fingerprint density at radius 1 is 1.17 bits per heavy atom. The molecule has 1 amide bonds. The van der Waals surface area contributed by atoms with Crippen LogP contribution in [0.25, 0.3) is 0 Å². The van der Waals surface area contributed by atoms with Gasteiger partial charge in [0.25, 0.3) is 5.91 Å². The van der Waals surface area contributed by atoms with Gasteiger partial charge in [0.05, 0.1) is 11.8 Å². The average molecular weight is 347 g/mol. The van der Waals surface area contributed by atoms with Crippen LogP contribution >= 0.6 is 0 Å². The first-order chi connectivity index (χ1) is 11.3. The third-order valence-corrected chi connectivity index (χ3v) is 4.89. The maximum atomic E-state index is 12.3. The summed E-state index contributed by atoms with van der Waals surface area (Å²) in [6.07, 6.45) is 1.74. The van der Waals surface area contributed by atoms with Gasteiger partial charge in [0, 0.05) is 23.1 Å². The minimum absolute atomic E-state index is 0.00264. The molecule has 2 rings (SSSR count). The molecule has 1 aromatic heterocycles. The number of rotatable bonds is 6. The molecular formula is C17H21N3O3S. The maximum absolute atomic E-state index is 12.3. The first-order valence-corrected chi connectivity index (χ1v) is 9.30. The van der Waals surface area contributed by atoms with Crippen molar-refractivity contribution in [2.24, 2.45) is 0 Å². The van der Waals surface area contributed by atoms with Gasteiger partial charge in [0.15, 0.2) is 0 Å². The minimum atomic E-state index is -3.32. The van der Waals surface area contributed by atoms with E-state index < -0.39 is 10.0 Å². The number of hydrogen-bond donors (Lipinski definition) is 2. The fraction of sp³-hybridized carbons (Fsp3) is 0.294. The molecular weight excluding hydrogens is 326 g/mol. The molecule has 0 saturated carbocycles. The Balaban J connectivity index is 2.03. The van der Waals surface area contributed by atoms with Crippen LogP contribution in [0.5, 0.6) is 0 Å². The van der Waals surface area contributed by atoms with Gasteiger partial charge in [0.1, 0.15) is 0 Å². The minimum Gasteiger partial charge on any atom is -0.345 e. The van der Waals surface area contributed by atoms with Gasteiger partial charge in [-0.2, -0.15) is 0 Å². The van der Waals surface area contributed by atoms with E-state index in [2.05, 4.69) is 15.0 Å². The summed E-state index contributed by atoms with van der Waals surface area (Å²) in [7, 11) is -3.32. The number of sulfonamides is 1. The Bertz CT molecular complexity index is 800. The molecule has 0 aliphatic carbocycles. The highest BCUT2D eigenvalue weighted by Gasteiger charge is 2.12. The summed E-state index contributed by atoms with van der Waals surface area (Å²) in [4.78, 5) is 16.5. The van der Waals surface area contributed by atoms with Gasteiger partial charge < -0.3 is 5.32 Å². The second-order valence-electron chi connectivity index (χ2n) is 5.51. The molecule has 0 saturated heterocycles. The van der Waals surface area contributed by atoms with Crippen LogP contribution in [0.15, 0.2) is 42.6 Å². The summed E-state index contributed by atoms with van der Waals surface area (Å²) in [6.45, 7) is 5.35. The monoisotopic (exact) mass is 347 g/mol. The average Bonchev–Trinajstić information content (AvgIpc) is 2.55. The van der Waals surface area contributed by atoms with E-state index in [1.807, 2.05) is 26.0 Å². The van der Waals surface area contributed by atoms with Crippen LogP contribution in [0.2, 0.25) is 0 Å². The number of nitrogens with zero attached hydrogens (tertiary/aromatic N) is 1. The van der Waals surface area contributed by atoms with Crippen molar-refractivity contribution in [1.82, 2.24) is 10.3 Å². The molecule has 2 aromatic rings. The Morgan fingerprint density at radius 3 is 2.38 bits per heavy atom. The molecule has 0 fully saturated rings. The fourth-order valence-corrected chi connectivity index (χ4v) is 2.68. The van der Waals surface area contributed by atoms with Crippen molar-refractivity contribution < 1.29 is 13.2 Å². The molecule has 0 bridgehead atoms. The number of anilines is 1. The molecule has 1 atom stereocenters. The zero-order valence-electron chi connectivity index (χ0n) is 13.9. The Hall–Kier alpha value is -2.41. The van der Waals surface area contributed by atoms with Gasteiger partial charge in [-0.15, -0.1) is 0 Å². The van der Waals surface area contributed by atoms with E-state index in [1.165, 1.54) is 0 Å². The summed E-state index contributed by atoms with van der Waals surface area (Å²) in [5, 5.41) is 2.89. The molecule has 2 N–H and O–H groups in total. The third kappa shape index (κ3) is 4.79. The van der Waals surface area contributed by atoms with Gasteiger partial charge in [-0.05, 0) is 56.7 Å². The van der Waals surface area contributed by atoms with Crippen LogP contribution in [0, 0.1) is 6.92 Å². The van der Waals surface area contributed by atoms with Crippen molar-refractivity contribution >= 4 is 21.6 Å². The predicted octanol–water partition coefficient (Wildman–Crippen LogP) is 2.64. The molecule has 0 radical (unpaired) electrons. The number of benzene rings is 1. The van der Waals surface area contributed by atoms with Crippen LogP contribution < -0.4 is 10.0 Å². The predicted molar refractivity (Wildman–Crippen MR) is 94.4 cm³/mol. The number of pyridine rings is 1. The van der Waals surface area contributed by atoms with Crippen molar-refractivity contribution in [3.63, 3.8) is 0 Å². The second-order valence-corrected chi connectivity index (χ2v) is 7.52. The number of aromatic nitrogens is 1. The normalized spacial score (nSPS) is 12.5. The van der Waals surface area contributed by atoms with Crippen molar-refractivity contribution in [2.75, 3.05) is 10.5 Å². The van der Waals surface area contributed by atoms with Gasteiger partial charge >= 0.3 is 0 Å². The van der Waals surface area contributed by atoms with Crippen LogP contribution in [0.4, 0.5) is 5.69 Å². The lowest BCUT2D eigenvalue weighted by Gasteiger charge is -2.14. The molecule has 0 aliphatic rings. The molecule has 7 heteroatoms. The Kier molecular flexibility index (Phi) is 5.56. The largest absolute Gasteiger partial charge is 0.345 e. The third-order valence-electron chi connectivity index (χ3n) is 3.58. The van der Waals surface area contributed by atoms with Crippen molar-refractivity contribution in [3.8, 4) is 0 Å². The van der Waals surface area contributed by atoms with Gasteiger partial charge in [-0.3, -0.25) is 14.5 Å². The quantitative estimate of drug-likeness (QED) is 0.841. The van der Waals surface area contributed by atoms with Crippen LogP contribution in [0.3, 0.4) is 0 Å². The number of aryl methyl sites for hydroxylation is 1. The summed E-state index contributed by atoms with van der Waals surface area (Å²) in [5.74, 6) is -0.231. The second kappa shape index (κ2) is 7.44. The van der Waals surface area contributed by atoms with Crippen molar-refractivity contribution in [3.05, 3.63) is 59.4 Å². The van der Waals surface area contributed by atoms with E-state index in [9.17, 15) is 13.2 Å². The van der Waals surface area contributed by atoms with E-state index in [1.54, 1.807) is 37.4 Å². The molecule has 1 heterocycles. The smallest absolute Gasteiger partial charge is 0.251 e. The van der Waals surface area contributed by atoms with E-state index in [0.29, 0.717) is 11.3 Å². The standard InChI is InChI=1S/C17H21N3O3S/c1-4-24(22,23)20-16-9-7-14(8-10-16)17(21)19-13(3)15-6-5-12(2)18-11-15/h5-11,13,20H,4H2,1-3H3,(H,19,21). The molecule has 0 spiro atoms. The topological polar surface area (TPSA) is 88.2 Å². The summed E-state index contributed by atoms with van der Waals surface area (Å²) >= 11 is 0. The van der Waals surface area contributed by atoms with Crippen LogP contribution in [-0.4, -0.2) is 25.1 Å². The van der Waals surface area contributed by atoms with E-state index in [-0.39, 0.29) is 17.7 Å². The zero-order chi connectivity index (χ0) is 17.7. The lowest BCUT2D eigenvalue weighted by atomic mass is 10.1. The zero-order valence-corrected chi connectivity index (χ0v) is 14.7. The molecule has 24 heavy (non-hydrogen) atoms. The number of carbonyl (C=O) groups is 1. The van der Waals surface area contributed by atoms with Crippen molar-refractivity contribution in [2.45, 2.75) is 26.8 Å². The van der Waals surface area contributed by atoms with Gasteiger partial charge in [-0.25, -0.2) is 8.42 Å². The van der Waals surface area contributed by atoms with Crippen LogP contribution in [-0.2, 0) is 10.0 Å². The fourth-order valence-electron chi connectivity index (χ4n) is 2.04. The number of nitrogens with one attached hydrogen (secondary N) is 2. The highest BCUT2D eigenvalue weighted by atomic mass is 32.2. The first-order valence-electron chi connectivity index (χ1n) is 7.64. The Labute approximate surface area is 142 Å². The van der Waals surface area contributed by atoms with E-state index in [4.69, 9.17) is 0 Å². The van der Waals surface area contributed by atoms with E-state index >= 15 is 0 Å². The Morgan fingerprint density at radius 2 is 1.83 bits per heavy atom. The molecule has 1 aromatic carbocycles. The number of carbonyl (C=O) groups excluding carboxylic acids is 1. The molecule has 0 aliphatic heterocycles. The highest BCUT2D eigenvalue weighted by molar-refractivity contribution is 7.92. The molecule has 1 unspecified atom stereocenters. The highest BCUT2D eigenvalue weighted by Crippen LogP contribution is 2.15. The number of amides is 1. The van der Waals surface area contributed by atoms with Gasteiger partial charge in [0.2, 0.25) is 10.0 Å². The van der Waals surface area contributed by atoms with Crippen LogP contribution in [0.1, 0.15) is 41.5 Å². The lowest BCUT2D eigenvalue weighted by Crippen LogP contribution is -2.26.